The smallest absolute Gasteiger partial charge is 0.193 e. The molecule has 0 unspecified atom stereocenters. The van der Waals surface area contributed by atoms with Crippen LogP contribution in [0.1, 0.15) is 37.7 Å². The zero-order valence-electron chi connectivity index (χ0n) is 15.9. The molecule has 3 fully saturated rings. The monoisotopic (exact) mass is 357 g/mol. The summed E-state index contributed by atoms with van der Waals surface area (Å²) >= 11 is 0. The van der Waals surface area contributed by atoms with Gasteiger partial charge in [0.25, 0.3) is 0 Å². The molecule has 3 aliphatic rings. The normalized spacial score (nSPS) is 23.0. The van der Waals surface area contributed by atoms with Crippen molar-refractivity contribution in [3.05, 3.63) is 23.9 Å². The standard InChI is InChI=1S/C20H31N5O/c1-21-19(25-10-8-20(16-25)6-2-3-7-20)23-15-17-5-4-9-22-18(17)24-11-13-26-14-12-24/h4-5,9H,2-3,6-8,10-16H2,1H3,(H,21,23). The summed E-state index contributed by atoms with van der Waals surface area (Å²) in [5.74, 6) is 2.11. The molecule has 0 radical (unpaired) electrons. The molecule has 6 heteroatoms. The Labute approximate surface area is 156 Å². The van der Waals surface area contributed by atoms with Gasteiger partial charge >= 0.3 is 0 Å². The second kappa shape index (κ2) is 7.82. The molecule has 1 aromatic rings. The second-order valence-corrected chi connectivity index (χ2v) is 7.86. The third kappa shape index (κ3) is 3.65. The first-order valence-corrected chi connectivity index (χ1v) is 10.0. The van der Waals surface area contributed by atoms with Gasteiger partial charge in [0, 0.05) is 51.5 Å². The highest BCUT2D eigenvalue weighted by atomic mass is 16.5. The van der Waals surface area contributed by atoms with Crippen LogP contribution in [0.15, 0.2) is 23.3 Å². The molecule has 1 saturated carbocycles. The number of hydrogen-bond donors (Lipinski definition) is 1. The maximum absolute atomic E-state index is 5.48. The fraction of sp³-hybridized carbons (Fsp3) is 0.700. The van der Waals surface area contributed by atoms with E-state index < -0.39 is 0 Å². The van der Waals surface area contributed by atoms with E-state index in [1.165, 1.54) is 37.7 Å². The van der Waals surface area contributed by atoms with Crippen LogP contribution in [0.3, 0.4) is 0 Å². The van der Waals surface area contributed by atoms with Crippen LogP contribution < -0.4 is 10.2 Å². The van der Waals surface area contributed by atoms with Gasteiger partial charge in [0.15, 0.2) is 5.96 Å². The van der Waals surface area contributed by atoms with E-state index >= 15 is 0 Å². The second-order valence-electron chi connectivity index (χ2n) is 7.86. The van der Waals surface area contributed by atoms with E-state index in [0.717, 1.165) is 57.7 Å². The molecule has 0 amide bonds. The maximum Gasteiger partial charge on any atom is 0.193 e. The van der Waals surface area contributed by atoms with Crippen LogP contribution in [0.25, 0.3) is 0 Å². The summed E-state index contributed by atoms with van der Waals surface area (Å²) < 4.78 is 5.48. The van der Waals surface area contributed by atoms with Crippen molar-refractivity contribution in [1.82, 2.24) is 15.2 Å². The third-order valence-corrected chi connectivity index (χ3v) is 6.23. The van der Waals surface area contributed by atoms with Crippen LogP contribution in [0.2, 0.25) is 0 Å². The fourth-order valence-electron chi connectivity index (χ4n) is 4.78. The highest BCUT2D eigenvalue weighted by Crippen LogP contribution is 2.45. The minimum absolute atomic E-state index is 0.560. The SMILES string of the molecule is CN=C(NCc1cccnc1N1CCOCC1)N1CCC2(CCCC2)C1. The van der Waals surface area contributed by atoms with Gasteiger partial charge in [-0.15, -0.1) is 0 Å². The molecular weight excluding hydrogens is 326 g/mol. The van der Waals surface area contributed by atoms with Crippen LogP contribution in [-0.4, -0.2) is 62.3 Å². The van der Waals surface area contributed by atoms with Gasteiger partial charge in [-0.2, -0.15) is 0 Å². The van der Waals surface area contributed by atoms with Crippen molar-refractivity contribution in [2.45, 2.75) is 38.6 Å². The molecule has 0 atom stereocenters. The number of anilines is 1. The van der Waals surface area contributed by atoms with Crippen molar-refractivity contribution in [2.75, 3.05) is 51.3 Å². The van der Waals surface area contributed by atoms with Crippen LogP contribution in [0.5, 0.6) is 0 Å². The summed E-state index contributed by atoms with van der Waals surface area (Å²) in [4.78, 5) is 14.0. The van der Waals surface area contributed by atoms with Gasteiger partial charge in [-0.1, -0.05) is 18.9 Å². The molecule has 2 saturated heterocycles. The van der Waals surface area contributed by atoms with Crippen LogP contribution in [-0.2, 0) is 11.3 Å². The first-order chi connectivity index (χ1) is 12.8. The van der Waals surface area contributed by atoms with Gasteiger partial charge in [-0.25, -0.2) is 4.98 Å². The number of aromatic nitrogens is 1. The zero-order chi connectivity index (χ0) is 17.8. The van der Waals surface area contributed by atoms with Crippen molar-refractivity contribution in [3.8, 4) is 0 Å². The van der Waals surface area contributed by atoms with Gasteiger partial charge in [0.05, 0.1) is 13.2 Å². The van der Waals surface area contributed by atoms with Crippen molar-refractivity contribution in [1.29, 1.82) is 0 Å². The first-order valence-electron chi connectivity index (χ1n) is 10.0. The number of aliphatic imine (C=N–C) groups is 1. The molecule has 26 heavy (non-hydrogen) atoms. The molecule has 1 aliphatic carbocycles. The summed E-state index contributed by atoms with van der Waals surface area (Å²) in [5.41, 5.74) is 1.79. The number of guanidine groups is 1. The lowest BCUT2D eigenvalue weighted by atomic mass is 9.86. The molecule has 1 aromatic heterocycles. The van der Waals surface area contributed by atoms with E-state index in [0.29, 0.717) is 5.41 Å². The average molecular weight is 358 g/mol. The lowest BCUT2D eigenvalue weighted by Gasteiger charge is -2.30. The van der Waals surface area contributed by atoms with Crippen LogP contribution in [0, 0.1) is 5.41 Å². The first kappa shape index (κ1) is 17.6. The number of likely N-dealkylation sites (tertiary alicyclic amines) is 1. The fourth-order valence-corrected chi connectivity index (χ4v) is 4.78. The third-order valence-electron chi connectivity index (χ3n) is 6.23. The Bertz CT molecular complexity index is 635. The molecule has 2 aliphatic heterocycles. The summed E-state index contributed by atoms with van der Waals surface area (Å²) in [5, 5.41) is 3.59. The van der Waals surface area contributed by atoms with E-state index in [4.69, 9.17) is 4.74 Å². The maximum atomic E-state index is 5.48. The zero-order valence-corrected chi connectivity index (χ0v) is 15.9. The lowest BCUT2D eigenvalue weighted by Crippen LogP contribution is -2.41. The van der Waals surface area contributed by atoms with E-state index in [-0.39, 0.29) is 0 Å². The Morgan fingerprint density at radius 3 is 2.81 bits per heavy atom. The molecule has 1 N–H and O–H groups in total. The molecule has 4 rings (SSSR count). The van der Waals surface area contributed by atoms with Gasteiger partial charge in [-0.3, -0.25) is 4.99 Å². The molecule has 3 heterocycles. The highest BCUT2D eigenvalue weighted by molar-refractivity contribution is 5.80. The molecular formula is C20H31N5O. The summed E-state index contributed by atoms with van der Waals surface area (Å²) in [7, 11) is 1.90. The van der Waals surface area contributed by atoms with Crippen LogP contribution >= 0.6 is 0 Å². The van der Waals surface area contributed by atoms with Crippen molar-refractivity contribution in [3.63, 3.8) is 0 Å². The molecule has 0 bridgehead atoms. The number of ether oxygens (including phenoxy) is 1. The summed E-state index contributed by atoms with van der Waals surface area (Å²) in [6.45, 7) is 6.43. The van der Waals surface area contributed by atoms with Crippen molar-refractivity contribution in [2.24, 2.45) is 10.4 Å². The Morgan fingerprint density at radius 1 is 1.23 bits per heavy atom. The Hall–Kier alpha value is -1.82. The van der Waals surface area contributed by atoms with Gasteiger partial charge in [0.1, 0.15) is 5.82 Å². The van der Waals surface area contributed by atoms with Crippen molar-refractivity contribution >= 4 is 11.8 Å². The largest absolute Gasteiger partial charge is 0.378 e. The molecule has 6 nitrogen and oxygen atoms in total. The van der Waals surface area contributed by atoms with Crippen molar-refractivity contribution < 1.29 is 4.74 Å². The Kier molecular flexibility index (Phi) is 5.29. The number of nitrogens with one attached hydrogen (secondary N) is 1. The number of rotatable bonds is 3. The topological polar surface area (TPSA) is 53.0 Å². The predicted molar refractivity (Wildman–Crippen MR) is 105 cm³/mol. The van der Waals surface area contributed by atoms with E-state index in [1.54, 1.807) is 0 Å². The predicted octanol–water partition coefficient (Wildman–Crippen LogP) is 2.26. The minimum atomic E-state index is 0.560. The van der Waals surface area contributed by atoms with Gasteiger partial charge < -0.3 is 19.9 Å². The van der Waals surface area contributed by atoms with Gasteiger partial charge in [-0.05, 0) is 30.7 Å². The van der Waals surface area contributed by atoms with E-state index in [9.17, 15) is 0 Å². The van der Waals surface area contributed by atoms with E-state index in [1.807, 2.05) is 19.3 Å². The average Bonchev–Trinajstić information content (AvgIpc) is 3.33. The van der Waals surface area contributed by atoms with Gasteiger partial charge in [0.2, 0.25) is 0 Å². The number of pyridine rings is 1. The summed E-state index contributed by atoms with van der Waals surface area (Å²) in [6, 6.07) is 4.19. The summed E-state index contributed by atoms with van der Waals surface area (Å²) in [6.07, 6.45) is 8.79. The Morgan fingerprint density at radius 2 is 2.04 bits per heavy atom. The number of hydrogen-bond acceptors (Lipinski definition) is 4. The molecule has 0 aromatic carbocycles. The molecule has 1 spiro atoms. The Balaban J connectivity index is 1.40. The lowest BCUT2D eigenvalue weighted by molar-refractivity contribution is 0.122. The molecule has 142 valence electrons. The van der Waals surface area contributed by atoms with E-state index in [2.05, 4.69) is 31.2 Å². The minimum Gasteiger partial charge on any atom is -0.378 e. The highest BCUT2D eigenvalue weighted by Gasteiger charge is 2.41. The number of nitrogens with zero attached hydrogens (tertiary/aromatic N) is 4. The van der Waals surface area contributed by atoms with Crippen LogP contribution in [0.4, 0.5) is 5.82 Å². The quantitative estimate of drug-likeness (QED) is 0.664. The number of morpholine rings is 1.